The van der Waals surface area contributed by atoms with Gasteiger partial charge in [-0.25, -0.2) is 4.68 Å². The number of likely N-dealkylation sites (N-methyl/N-ethyl adjacent to an activating group) is 1. The molecule has 188 valence electrons. The predicted molar refractivity (Wildman–Crippen MR) is 145 cm³/mol. The van der Waals surface area contributed by atoms with Crippen LogP contribution in [0.2, 0.25) is 5.02 Å². The number of nitrogens with zero attached hydrogens (tertiary/aromatic N) is 5. The molecule has 1 aliphatic rings. The molecule has 1 aromatic heterocycles. The summed E-state index contributed by atoms with van der Waals surface area (Å²) in [6.45, 7) is 12.8. The zero-order valence-electron chi connectivity index (χ0n) is 21.3. The normalized spacial score (nSPS) is 14.7. The molecule has 1 fully saturated rings. The molecular formula is C28H38ClN5O. The van der Waals surface area contributed by atoms with Crippen molar-refractivity contribution < 1.29 is 4.74 Å². The number of hydrogen-bond donors (Lipinski definition) is 0. The van der Waals surface area contributed by atoms with Crippen LogP contribution in [0.3, 0.4) is 0 Å². The van der Waals surface area contributed by atoms with Crippen molar-refractivity contribution in [3.05, 3.63) is 76.4 Å². The highest BCUT2D eigenvalue weighted by Crippen LogP contribution is 2.31. The van der Waals surface area contributed by atoms with Crippen molar-refractivity contribution in [3.63, 3.8) is 0 Å². The van der Waals surface area contributed by atoms with Crippen LogP contribution in [-0.2, 0) is 24.2 Å². The highest BCUT2D eigenvalue weighted by atomic mass is 35.5. The number of para-hydroxylation sites is 1. The fraction of sp³-hybridized carbons (Fsp3) is 0.464. The average molecular weight is 496 g/mol. The Balaban J connectivity index is 1.72. The van der Waals surface area contributed by atoms with Gasteiger partial charge in [0.15, 0.2) is 0 Å². The highest BCUT2D eigenvalue weighted by Gasteiger charge is 2.27. The molecule has 4 rings (SSSR count). The van der Waals surface area contributed by atoms with Crippen LogP contribution in [-0.4, -0.2) is 72.6 Å². The number of methoxy groups -OCH3 is 1. The van der Waals surface area contributed by atoms with E-state index in [2.05, 4.69) is 75.7 Å². The van der Waals surface area contributed by atoms with Gasteiger partial charge in [0.05, 0.1) is 18.0 Å². The first-order valence-corrected chi connectivity index (χ1v) is 13.1. The fourth-order valence-corrected chi connectivity index (χ4v) is 5.00. The molecule has 7 heteroatoms. The lowest BCUT2D eigenvalue weighted by molar-refractivity contribution is 0.140. The molecule has 6 nitrogen and oxygen atoms in total. The number of aryl methyl sites for hydroxylation is 1. The maximum Gasteiger partial charge on any atom is 0.137 e. The SMILES string of the molecule is CCc1nn(-c2ccccc2)c(N2CCN(CC)CC2)c1CN(CCOC)Cc1ccccc1Cl. The Morgan fingerprint density at radius 2 is 1.66 bits per heavy atom. The standard InChI is InChI=1S/C28H38ClN5O/c1-4-27-25(22-32(19-20-35-3)21-23-11-9-10-14-26(23)29)28(33-17-15-31(5-2)16-18-33)34(30-27)24-12-7-6-8-13-24/h6-14H,4-5,15-22H2,1-3H3. The third-order valence-electron chi connectivity index (χ3n) is 6.84. The summed E-state index contributed by atoms with van der Waals surface area (Å²) in [5.41, 5.74) is 4.71. The number of rotatable bonds is 11. The van der Waals surface area contributed by atoms with Crippen molar-refractivity contribution >= 4 is 17.4 Å². The first-order chi connectivity index (χ1) is 17.1. The van der Waals surface area contributed by atoms with Crippen molar-refractivity contribution in [2.24, 2.45) is 0 Å². The zero-order chi connectivity index (χ0) is 24.6. The fourth-order valence-electron chi connectivity index (χ4n) is 4.81. The second-order valence-corrected chi connectivity index (χ2v) is 9.47. The number of ether oxygens (including phenoxy) is 1. The molecule has 0 radical (unpaired) electrons. The smallest absolute Gasteiger partial charge is 0.137 e. The summed E-state index contributed by atoms with van der Waals surface area (Å²) in [6.07, 6.45) is 0.890. The van der Waals surface area contributed by atoms with E-state index in [0.717, 1.165) is 80.7 Å². The van der Waals surface area contributed by atoms with E-state index in [1.165, 1.54) is 11.4 Å². The molecule has 1 saturated heterocycles. The topological polar surface area (TPSA) is 36.8 Å². The summed E-state index contributed by atoms with van der Waals surface area (Å²) in [5.74, 6) is 1.23. The molecule has 0 saturated carbocycles. The summed E-state index contributed by atoms with van der Waals surface area (Å²) in [4.78, 5) is 7.48. The summed E-state index contributed by atoms with van der Waals surface area (Å²) in [7, 11) is 1.76. The largest absolute Gasteiger partial charge is 0.383 e. The van der Waals surface area contributed by atoms with Crippen LogP contribution in [0.25, 0.3) is 5.69 Å². The second-order valence-electron chi connectivity index (χ2n) is 9.07. The molecule has 2 aromatic carbocycles. The third kappa shape index (κ3) is 6.25. The third-order valence-corrected chi connectivity index (χ3v) is 7.21. The quantitative estimate of drug-likeness (QED) is 0.379. The Labute approximate surface area is 215 Å². The molecule has 1 aliphatic heterocycles. The van der Waals surface area contributed by atoms with Gasteiger partial charge in [-0.05, 0) is 36.7 Å². The van der Waals surface area contributed by atoms with Gasteiger partial charge in [0.1, 0.15) is 5.82 Å². The maximum absolute atomic E-state index is 6.54. The summed E-state index contributed by atoms with van der Waals surface area (Å²) in [6, 6.07) is 18.6. The molecule has 0 bridgehead atoms. The first-order valence-electron chi connectivity index (χ1n) is 12.7. The molecule has 2 heterocycles. The van der Waals surface area contributed by atoms with Crippen molar-refractivity contribution in [1.29, 1.82) is 0 Å². The van der Waals surface area contributed by atoms with Crippen LogP contribution in [0, 0.1) is 0 Å². The number of aromatic nitrogens is 2. The molecule has 0 unspecified atom stereocenters. The van der Waals surface area contributed by atoms with E-state index < -0.39 is 0 Å². The summed E-state index contributed by atoms with van der Waals surface area (Å²) in [5, 5.41) is 5.96. The van der Waals surface area contributed by atoms with Crippen molar-refractivity contribution in [1.82, 2.24) is 19.6 Å². The Hall–Kier alpha value is -2.38. The second kappa shape index (κ2) is 12.5. The van der Waals surface area contributed by atoms with Gasteiger partial charge in [-0.1, -0.05) is 61.8 Å². The molecule has 3 aromatic rings. The van der Waals surface area contributed by atoms with Gasteiger partial charge in [-0.2, -0.15) is 5.10 Å². The van der Waals surface area contributed by atoms with Gasteiger partial charge in [0, 0.05) is 63.5 Å². The summed E-state index contributed by atoms with van der Waals surface area (Å²) >= 11 is 6.54. The molecule has 0 atom stereocenters. The van der Waals surface area contributed by atoms with Gasteiger partial charge in [-0.15, -0.1) is 0 Å². The lowest BCUT2D eigenvalue weighted by Crippen LogP contribution is -2.47. The Morgan fingerprint density at radius 3 is 2.31 bits per heavy atom. The van der Waals surface area contributed by atoms with E-state index in [9.17, 15) is 0 Å². The van der Waals surface area contributed by atoms with Crippen molar-refractivity contribution in [2.75, 3.05) is 57.9 Å². The molecule has 0 amide bonds. The van der Waals surface area contributed by atoms with E-state index in [1.807, 2.05) is 12.1 Å². The monoisotopic (exact) mass is 495 g/mol. The molecule has 0 spiro atoms. The maximum atomic E-state index is 6.54. The molecule has 35 heavy (non-hydrogen) atoms. The summed E-state index contributed by atoms with van der Waals surface area (Å²) < 4.78 is 7.63. The van der Waals surface area contributed by atoms with Gasteiger partial charge in [-0.3, -0.25) is 4.90 Å². The molecule has 0 N–H and O–H groups in total. The molecular weight excluding hydrogens is 458 g/mol. The highest BCUT2D eigenvalue weighted by molar-refractivity contribution is 6.31. The van der Waals surface area contributed by atoms with Gasteiger partial charge in [0.25, 0.3) is 0 Å². The van der Waals surface area contributed by atoms with E-state index in [4.69, 9.17) is 21.4 Å². The minimum atomic E-state index is 0.670. The van der Waals surface area contributed by atoms with Gasteiger partial charge >= 0.3 is 0 Å². The Kier molecular flexibility index (Phi) is 9.21. The minimum absolute atomic E-state index is 0.670. The van der Waals surface area contributed by atoms with E-state index in [-0.39, 0.29) is 0 Å². The van der Waals surface area contributed by atoms with Crippen LogP contribution >= 0.6 is 11.6 Å². The van der Waals surface area contributed by atoms with Crippen molar-refractivity contribution in [2.45, 2.75) is 33.4 Å². The lowest BCUT2D eigenvalue weighted by atomic mass is 10.1. The van der Waals surface area contributed by atoms with Gasteiger partial charge in [0.2, 0.25) is 0 Å². The van der Waals surface area contributed by atoms with Crippen LogP contribution in [0.15, 0.2) is 54.6 Å². The number of piperazine rings is 1. The first kappa shape index (κ1) is 25.7. The average Bonchev–Trinajstić information content (AvgIpc) is 3.27. The predicted octanol–water partition coefficient (Wildman–Crippen LogP) is 4.88. The Morgan fingerprint density at radius 1 is 0.943 bits per heavy atom. The van der Waals surface area contributed by atoms with E-state index >= 15 is 0 Å². The van der Waals surface area contributed by atoms with Crippen LogP contribution < -0.4 is 4.90 Å². The lowest BCUT2D eigenvalue weighted by Gasteiger charge is -2.36. The number of benzene rings is 2. The minimum Gasteiger partial charge on any atom is -0.383 e. The zero-order valence-corrected chi connectivity index (χ0v) is 22.0. The van der Waals surface area contributed by atoms with Gasteiger partial charge < -0.3 is 14.5 Å². The van der Waals surface area contributed by atoms with E-state index in [1.54, 1.807) is 7.11 Å². The van der Waals surface area contributed by atoms with Crippen LogP contribution in [0.4, 0.5) is 5.82 Å². The number of hydrogen-bond acceptors (Lipinski definition) is 5. The van der Waals surface area contributed by atoms with E-state index in [0.29, 0.717) is 6.61 Å². The van der Waals surface area contributed by atoms with Crippen molar-refractivity contribution in [3.8, 4) is 5.69 Å². The Bertz CT molecular complexity index is 1060. The number of anilines is 1. The number of halogens is 1. The van der Waals surface area contributed by atoms with Crippen LogP contribution in [0.1, 0.15) is 30.7 Å². The van der Waals surface area contributed by atoms with Crippen LogP contribution in [0.5, 0.6) is 0 Å². The molecule has 0 aliphatic carbocycles.